The third-order valence-corrected chi connectivity index (χ3v) is 5.10. The Morgan fingerprint density at radius 2 is 1.96 bits per heavy atom. The molecule has 0 spiro atoms. The van der Waals surface area contributed by atoms with Crippen LogP contribution in [0.5, 0.6) is 5.75 Å². The number of hydrogen-bond acceptors (Lipinski definition) is 4. The predicted octanol–water partition coefficient (Wildman–Crippen LogP) is 2.47. The Kier molecular flexibility index (Phi) is 4.06. The molecular formula is C16H17N3O4S. The molecule has 0 fully saturated rings. The Hall–Kier alpha value is -2.74. The van der Waals surface area contributed by atoms with Gasteiger partial charge >= 0.3 is 6.03 Å². The third-order valence-electron chi connectivity index (χ3n) is 3.73. The van der Waals surface area contributed by atoms with Gasteiger partial charge in [-0.3, -0.25) is 4.72 Å². The summed E-state index contributed by atoms with van der Waals surface area (Å²) in [4.78, 5) is 13.2. The van der Waals surface area contributed by atoms with Crippen LogP contribution < -0.4 is 14.8 Å². The number of hydrogen-bond donors (Lipinski definition) is 2. The molecule has 7 nitrogen and oxygen atoms in total. The summed E-state index contributed by atoms with van der Waals surface area (Å²) >= 11 is 0. The molecule has 1 aliphatic rings. The molecule has 1 aliphatic heterocycles. The topological polar surface area (TPSA) is 87.7 Å². The maximum atomic E-state index is 12.6. The van der Waals surface area contributed by atoms with E-state index in [9.17, 15) is 13.2 Å². The molecule has 0 aliphatic carbocycles. The quantitative estimate of drug-likeness (QED) is 0.889. The van der Waals surface area contributed by atoms with Crippen molar-refractivity contribution >= 4 is 27.4 Å². The van der Waals surface area contributed by atoms with E-state index in [2.05, 4.69) is 10.0 Å². The molecule has 2 N–H and O–H groups in total. The van der Waals surface area contributed by atoms with Gasteiger partial charge in [0.1, 0.15) is 5.75 Å². The van der Waals surface area contributed by atoms with Crippen LogP contribution in [0.15, 0.2) is 47.4 Å². The van der Waals surface area contributed by atoms with Gasteiger partial charge in [0.15, 0.2) is 0 Å². The molecule has 1 heterocycles. The number of nitrogens with one attached hydrogen (secondary N) is 2. The molecule has 2 aromatic rings. The lowest BCUT2D eigenvalue weighted by Crippen LogP contribution is -2.35. The maximum Gasteiger partial charge on any atom is 0.321 e. The fourth-order valence-corrected chi connectivity index (χ4v) is 3.58. The molecule has 0 saturated heterocycles. The van der Waals surface area contributed by atoms with Crippen molar-refractivity contribution in [3.05, 3.63) is 48.0 Å². The number of rotatable bonds is 4. The molecule has 0 unspecified atom stereocenters. The summed E-state index contributed by atoms with van der Waals surface area (Å²) in [5.41, 5.74) is 1.72. The summed E-state index contributed by atoms with van der Waals surface area (Å²) in [6.07, 6.45) is 0. The van der Waals surface area contributed by atoms with E-state index in [4.69, 9.17) is 4.74 Å². The van der Waals surface area contributed by atoms with E-state index < -0.39 is 10.0 Å². The molecule has 0 saturated carbocycles. The van der Waals surface area contributed by atoms with E-state index in [1.54, 1.807) is 43.4 Å². The molecule has 0 bridgehead atoms. The lowest BCUT2D eigenvalue weighted by molar-refractivity contribution is 0.218. The number of fused-ring (bicyclic) bond motifs is 1. The number of urea groups is 1. The summed E-state index contributed by atoms with van der Waals surface area (Å²) in [6, 6.07) is 11.2. The SMILES string of the molecule is COc1ccccc1NS(=O)(=O)c1ccc2c(c1)CN(C)C(=O)N2. The van der Waals surface area contributed by atoms with Crippen LogP contribution in [0.1, 0.15) is 5.56 Å². The van der Waals surface area contributed by atoms with Crippen LogP contribution in [0, 0.1) is 0 Å². The number of methoxy groups -OCH3 is 1. The van der Waals surface area contributed by atoms with E-state index in [1.165, 1.54) is 18.1 Å². The summed E-state index contributed by atoms with van der Waals surface area (Å²) < 4.78 is 33.0. The Morgan fingerprint density at radius 1 is 1.21 bits per heavy atom. The first kappa shape index (κ1) is 16.1. The fourth-order valence-electron chi connectivity index (χ4n) is 2.46. The highest BCUT2D eigenvalue weighted by Gasteiger charge is 2.23. The van der Waals surface area contributed by atoms with Crippen LogP contribution in [0.2, 0.25) is 0 Å². The number of carbonyl (C=O) groups excluding carboxylic acids is 1. The normalized spacial score (nSPS) is 13.9. The van der Waals surface area contributed by atoms with Gasteiger partial charge in [-0.2, -0.15) is 0 Å². The molecule has 2 aromatic carbocycles. The van der Waals surface area contributed by atoms with E-state index in [0.29, 0.717) is 23.7 Å². The largest absolute Gasteiger partial charge is 0.495 e. The number of para-hydroxylation sites is 2. The van der Waals surface area contributed by atoms with Crippen molar-refractivity contribution in [1.82, 2.24) is 4.90 Å². The van der Waals surface area contributed by atoms with Crippen LogP contribution >= 0.6 is 0 Å². The Morgan fingerprint density at radius 3 is 2.71 bits per heavy atom. The number of carbonyl (C=O) groups is 1. The zero-order valence-corrected chi connectivity index (χ0v) is 14.1. The number of ether oxygens (including phenoxy) is 1. The van der Waals surface area contributed by atoms with Gasteiger partial charge in [-0.05, 0) is 35.9 Å². The second-order valence-electron chi connectivity index (χ2n) is 5.41. The Balaban J connectivity index is 1.93. The van der Waals surface area contributed by atoms with Gasteiger partial charge < -0.3 is 15.0 Å². The highest BCUT2D eigenvalue weighted by atomic mass is 32.2. The fraction of sp³-hybridized carbons (Fsp3) is 0.188. The van der Waals surface area contributed by atoms with Gasteiger partial charge in [0, 0.05) is 19.3 Å². The zero-order valence-electron chi connectivity index (χ0n) is 13.2. The third kappa shape index (κ3) is 3.00. The van der Waals surface area contributed by atoms with E-state index >= 15 is 0 Å². The summed E-state index contributed by atoms with van der Waals surface area (Å²) in [7, 11) is -0.650. The van der Waals surface area contributed by atoms with Gasteiger partial charge in [0.05, 0.1) is 17.7 Å². The molecule has 8 heteroatoms. The zero-order chi connectivity index (χ0) is 17.3. The summed E-state index contributed by atoms with van der Waals surface area (Å²) in [5.74, 6) is 0.436. The molecule has 0 aromatic heterocycles. The predicted molar refractivity (Wildman–Crippen MR) is 90.7 cm³/mol. The first-order valence-corrected chi connectivity index (χ1v) is 8.70. The monoisotopic (exact) mass is 347 g/mol. The number of anilines is 2. The van der Waals surface area contributed by atoms with Crippen molar-refractivity contribution in [2.45, 2.75) is 11.4 Å². The highest BCUT2D eigenvalue weighted by Crippen LogP contribution is 2.29. The molecule has 3 rings (SSSR count). The second kappa shape index (κ2) is 6.04. The van der Waals surface area contributed by atoms with Crippen LogP contribution in [0.4, 0.5) is 16.2 Å². The summed E-state index contributed by atoms with van der Waals surface area (Å²) in [5, 5.41) is 2.71. The van der Waals surface area contributed by atoms with Gasteiger partial charge in [0.25, 0.3) is 10.0 Å². The van der Waals surface area contributed by atoms with Crippen molar-refractivity contribution in [1.29, 1.82) is 0 Å². The van der Waals surface area contributed by atoms with Crippen LogP contribution in [0.3, 0.4) is 0 Å². The standard InChI is InChI=1S/C16H17N3O4S/c1-19-10-11-9-12(7-8-13(11)17-16(19)20)24(21,22)18-14-5-3-4-6-15(14)23-2/h3-9,18H,10H2,1-2H3,(H,17,20). The summed E-state index contributed by atoms with van der Waals surface area (Å²) in [6.45, 7) is 0.346. The first-order chi connectivity index (χ1) is 11.4. The molecule has 126 valence electrons. The van der Waals surface area contributed by atoms with Crippen molar-refractivity contribution in [3.63, 3.8) is 0 Å². The number of nitrogens with zero attached hydrogens (tertiary/aromatic N) is 1. The molecular weight excluding hydrogens is 330 g/mol. The minimum atomic E-state index is -3.77. The number of sulfonamides is 1. The first-order valence-electron chi connectivity index (χ1n) is 7.21. The van der Waals surface area contributed by atoms with Gasteiger partial charge in [-0.15, -0.1) is 0 Å². The Labute approximate surface area is 140 Å². The average molecular weight is 347 g/mol. The van der Waals surface area contributed by atoms with Crippen LogP contribution in [0.25, 0.3) is 0 Å². The lowest BCUT2D eigenvalue weighted by Gasteiger charge is -2.26. The average Bonchev–Trinajstić information content (AvgIpc) is 2.55. The Bertz CT molecular complexity index is 896. The lowest BCUT2D eigenvalue weighted by atomic mass is 10.1. The van der Waals surface area contributed by atoms with Gasteiger partial charge in [0.2, 0.25) is 0 Å². The number of benzene rings is 2. The number of amides is 2. The van der Waals surface area contributed by atoms with Gasteiger partial charge in [-0.1, -0.05) is 12.1 Å². The highest BCUT2D eigenvalue weighted by molar-refractivity contribution is 7.92. The van der Waals surface area contributed by atoms with Crippen LogP contribution in [-0.4, -0.2) is 33.5 Å². The smallest absolute Gasteiger partial charge is 0.321 e. The van der Waals surface area contributed by atoms with Crippen molar-refractivity contribution < 1.29 is 17.9 Å². The molecule has 0 radical (unpaired) electrons. The van der Waals surface area contributed by atoms with Crippen molar-refractivity contribution in [2.75, 3.05) is 24.2 Å². The van der Waals surface area contributed by atoms with Crippen molar-refractivity contribution in [3.8, 4) is 5.75 Å². The maximum absolute atomic E-state index is 12.6. The molecule has 24 heavy (non-hydrogen) atoms. The minimum Gasteiger partial charge on any atom is -0.495 e. The second-order valence-corrected chi connectivity index (χ2v) is 7.09. The van der Waals surface area contributed by atoms with Crippen molar-refractivity contribution in [2.24, 2.45) is 0 Å². The van der Waals surface area contributed by atoms with Gasteiger partial charge in [-0.25, -0.2) is 13.2 Å². The van der Waals surface area contributed by atoms with E-state index in [1.807, 2.05) is 0 Å². The van der Waals surface area contributed by atoms with E-state index in [0.717, 1.165) is 5.56 Å². The molecule has 2 amide bonds. The van der Waals surface area contributed by atoms with Crippen LogP contribution in [-0.2, 0) is 16.6 Å². The molecule has 0 atom stereocenters. The minimum absolute atomic E-state index is 0.122. The van der Waals surface area contributed by atoms with E-state index in [-0.39, 0.29) is 10.9 Å².